The third-order valence-electron chi connectivity index (χ3n) is 2.92. The quantitative estimate of drug-likeness (QED) is 0.864. The molecule has 0 aliphatic carbocycles. The first kappa shape index (κ1) is 15.0. The Morgan fingerprint density at radius 3 is 2.67 bits per heavy atom. The molecular weight excluding hydrogens is 253 g/mol. The van der Waals surface area contributed by atoms with Gasteiger partial charge in [-0.15, -0.1) is 11.8 Å². The van der Waals surface area contributed by atoms with E-state index in [9.17, 15) is 9.18 Å². The molecule has 0 bridgehead atoms. The van der Waals surface area contributed by atoms with Gasteiger partial charge in [-0.3, -0.25) is 4.79 Å². The van der Waals surface area contributed by atoms with E-state index in [4.69, 9.17) is 10.8 Å². The smallest absolute Gasteiger partial charge is 0.321 e. The van der Waals surface area contributed by atoms with E-state index < -0.39 is 16.8 Å². The minimum Gasteiger partial charge on any atom is -0.480 e. The number of aryl methyl sites for hydroxylation is 1. The molecule has 3 N–H and O–H groups in total. The minimum absolute atomic E-state index is 0.261. The third-order valence-corrected chi connectivity index (χ3v) is 4.37. The summed E-state index contributed by atoms with van der Waals surface area (Å²) < 4.78 is 12.4. The normalized spacial score (nSPS) is 13.4. The molecule has 0 radical (unpaired) electrons. The Hall–Kier alpha value is -1.07. The molecule has 0 amide bonds. The fraction of sp³-hybridized carbons (Fsp3) is 0.462. The topological polar surface area (TPSA) is 63.3 Å². The fourth-order valence-corrected chi connectivity index (χ4v) is 2.60. The number of rotatable bonds is 5. The second kappa shape index (κ2) is 5.71. The first-order chi connectivity index (χ1) is 8.24. The predicted octanol–water partition coefficient (Wildman–Crippen LogP) is 2.56. The number of aliphatic carboxylic acids is 1. The molecule has 0 heterocycles. The second-order valence-corrected chi connectivity index (χ2v) is 6.41. The largest absolute Gasteiger partial charge is 0.480 e. The van der Waals surface area contributed by atoms with Crippen LogP contribution >= 0.6 is 11.8 Å². The lowest BCUT2D eigenvalue weighted by Crippen LogP contribution is -2.46. The van der Waals surface area contributed by atoms with Crippen molar-refractivity contribution in [1.82, 2.24) is 0 Å². The van der Waals surface area contributed by atoms with Gasteiger partial charge in [-0.2, -0.15) is 0 Å². The van der Waals surface area contributed by atoms with Crippen LogP contribution in [0.15, 0.2) is 18.2 Å². The van der Waals surface area contributed by atoms with Crippen LogP contribution in [0, 0.1) is 12.7 Å². The molecule has 0 unspecified atom stereocenters. The highest BCUT2D eigenvalue weighted by molar-refractivity contribution is 7.99. The van der Waals surface area contributed by atoms with Crippen molar-refractivity contribution in [2.24, 2.45) is 5.73 Å². The molecule has 0 spiro atoms. The van der Waals surface area contributed by atoms with E-state index in [0.29, 0.717) is 5.75 Å². The van der Waals surface area contributed by atoms with Gasteiger partial charge in [0.1, 0.15) is 11.9 Å². The zero-order valence-corrected chi connectivity index (χ0v) is 11.6. The van der Waals surface area contributed by atoms with Crippen molar-refractivity contribution in [2.45, 2.75) is 37.3 Å². The van der Waals surface area contributed by atoms with Crippen LogP contribution in [0.25, 0.3) is 0 Å². The Morgan fingerprint density at radius 2 is 2.17 bits per heavy atom. The molecule has 0 fully saturated rings. The Labute approximate surface area is 111 Å². The van der Waals surface area contributed by atoms with E-state index in [1.54, 1.807) is 19.9 Å². The number of carbonyl (C=O) groups is 1. The monoisotopic (exact) mass is 271 g/mol. The van der Waals surface area contributed by atoms with Crippen LogP contribution in [0.1, 0.15) is 25.0 Å². The maximum atomic E-state index is 13.0. The van der Waals surface area contributed by atoms with Gasteiger partial charge in [0, 0.05) is 10.5 Å². The maximum Gasteiger partial charge on any atom is 0.321 e. The van der Waals surface area contributed by atoms with Gasteiger partial charge in [-0.25, -0.2) is 4.39 Å². The molecule has 1 aromatic rings. The lowest BCUT2D eigenvalue weighted by atomic mass is 10.1. The number of halogens is 1. The van der Waals surface area contributed by atoms with Gasteiger partial charge >= 0.3 is 5.97 Å². The molecule has 0 aromatic heterocycles. The Morgan fingerprint density at radius 1 is 1.56 bits per heavy atom. The molecule has 100 valence electrons. The van der Waals surface area contributed by atoms with E-state index in [2.05, 4.69) is 0 Å². The molecule has 1 rings (SSSR count). The zero-order chi connectivity index (χ0) is 13.9. The summed E-state index contributed by atoms with van der Waals surface area (Å²) in [6, 6.07) is 3.68. The van der Waals surface area contributed by atoms with Crippen LogP contribution in [0.5, 0.6) is 0 Å². The molecule has 18 heavy (non-hydrogen) atoms. The molecule has 1 atom stereocenters. The summed E-state index contributed by atoms with van der Waals surface area (Å²) in [6.07, 6.45) is 0. The van der Waals surface area contributed by atoms with Gasteiger partial charge in [0.25, 0.3) is 0 Å². The first-order valence-electron chi connectivity index (χ1n) is 5.61. The van der Waals surface area contributed by atoms with E-state index in [1.165, 1.54) is 23.9 Å². The van der Waals surface area contributed by atoms with Crippen molar-refractivity contribution in [3.8, 4) is 0 Å². The summed E-state index contributed by atoms with van der Waals surface area (Å²) in [6.45, 7) is 5.44. The highest BCUT2D eigenvalue weighted by atomic mass is 32.2. The summed E-state index contributed by atoms with van der Waals surface area (Å²) in [7, 11) is 0. The van der Waals surface area contributed by atoms with Crippen LogP contribution in [-0.2, 0) is 10.5 Å². The van der Waals surface area contributed by atoms with E-state index in [-0.39, 0.29) is 5.82 Å². The SMILES string of the molecule is Cc1cc(F)ccc1CSC(C)(C)[C@H](N)C(=O)O. The Bertz CT molecular complexity index is 449. The Balaban J connectivity index is 2.72. The standard InChI is InChI=1S/C13H18FNO2S/c1-8-6-10(14)5-4-9(8)7-18-13(2,3)11(15)12(16)17/h4-6,11H,7,15H2,1-3H3,(H,16,17)/t11-/m1/s1. The number of hydrogen-bond donors (Lipinski definition) is 2. The van der Waals surface area contributed by atoms with Crippen LogP contribution in [0.3, 0.4) is 0 Å². The van der Waals surface area contributed by atoms with Crippen LogP contribution in [0.4, 0.5) is 4.39 Å². The highest BCUT2D eigenvalue weighted by Gasteiger charge is 2.32. The van der Waals surface area contributed by atoms with Crippen molar-refractivity contribution >= 4 is 17.7 Å². The lowest BCUT2D eigenvalue weighted by Gasteiger charge is -2.28. The number of thioether (sulfide) groups is 1. The average Bonchev–Trinajstić information content (AvgIpc) is 2.26. The number of carboxylic acid groups (broad SMARTS) is 1. The summed E-state index contributed by atoms with van der Waals surface area (Å²) in [4.78, 5) is 10.9. The molecule has 0 saturated carbocycles. The predicted molar refractivity (Wildman–Crippen MR) is 72.1 cm³/mol. The van der Waals surface area contributed by atoms with Gasteiger partial charge in [0.2, 0.25) is 0 Å². The van der Waals surface area contributed by atoms with Crippen molar-refractivity contribution in [3.05, 3.63) is 35.1 Å². The van der Waals surface area contributed by atoms with Crippen molar-refractivity contribution in [1.29, 1.82) is 0 Å². The molecule has 3 nitrogen and oxygen atoms in total. The highest BCUT2D eigenvalue weighted by Crippen LogP contribution is 2.31. The average molecular weight is 271 g/mol. The number of hydrogen-bond acceptors (Lipinski definition) is 3. The van der Waals surface area contributed by atoms with Gasteiger partial charge < -0.3 is 10.8 Å². The molecule has 0 saturated heterocycles. The second-order valence-electron chi connectivity index (χ2n) is 4.78. The summed E-state index contributed by atoms with van der Waals surface area (Å²) >= 11 is 1.46. The number of benzene rings is 1. The Kier molecular flexibility index (Phi) is 4.76. The molecule has 0 aliphatic rings. The number of nitrogens with two attached hydrogens (primary N) is 1. The van der Waals surface area contributed by atoms with E-state index >= 15 is 0 Å². The molecule has 0 aliphatic heterocycles. The summed E-state index contributed by atoms with van der Waals surface area (Å²) in [5.74, 6) is -0.661. The molecular formula is C13H18FNO2S. The van der Waals surface area contributed by atoms with E-state index in [1.807, 2.05) is 6.92 Å². The minimum atomic E-state index is -1.01. The number of carboxylic acids is 1. The molecule has 1 aromatic carbocycles. The third kappa shape index (κ3) is 3.71. The van der Waals surface area contributed by atoms with Crippen LogP contribution in [-0.4, -0.2) is 21.9 Å². The zero-order valence-electron chi connectivity index (χ0n) is 10.7. The van der Waals surface area contributed by atoms with E-state index in [0.717, 1.165) is 11.1 Å². The van der Waals surface area contributed by atoms with Gasteiger partial charge in [0.05, 0.1) is 0 Å². The van der Waals surface area contributed by atoms with Crippen molar-refractivity contribution in [3.63, 3.8) is 0 Å². The summed E-state index contributed by atoms with van der Waals surface area (Å²) in [5.41, 5.74) is 7.50. The van der Waals surface area contributed by atoms with Gasteiger partial charge in [-0.05, 0) is 44.0 Å². The van der Waals surface area contributed by atoms with Gasteiger partial charge in [-0.1, -0.05) is 6.07 Å². The first-order valence-corrected chi connectivity index (χ1v) is 6.60. The summed E-state index contributed by atoms with van der Waals surface area (Å²) in [5, 5.41) is 8.92. The van der Waals surface area contributed by atoms with Crippen molar-refractivity contribution < 1.29 is 14.3 Å². The van der Waals surface area contributed by atoms with Crippen LogP contribution < -0.4 is 5.73 Å². The lowest BCUT2D eigenvalue weighted by molar-refractivity contribution is -0.139. The van der Waals surface area contributed by atoms with Crippen LogP contribution in [0.2, 0.25) is 0 Å². The molecule has 5 heteroatoms. The van der Waals surface area contributed by atoms with Gasteiger partial charge in [0.15, 0.2) is 0 Å². The maximum absolute atomic E-state index is 13.0. The fourth-order valence-electron chi connectivity index (χ4n) is 1.47. The van der Waals surface area contributed by atoms with Crippen molar-refractivity contribution in [2.75, 3.05) is 0 Å².